The third-order valence-corrected chi connectivity index (χ3v) is 5.75. The third kappa shape index (κ3) is 3.77. The molecule has 0 radical (unpaired) electrons. The number of thiol groups is 1. The molecule has 0 amide bonds. The molecule has 1 aliphatic rings. The fourth-order valence-electron chi connectivity index (χ4n) is 3.58. The number of aromatic nitrogens is 5. The summed E-state index contributed by atoms with van der Waals surface area (Å²) in [5, 5.41) is 14.2. The molecule has 0 atom stereocenters. The minimum atomic E-state index is -2.69. The summed E-state index contributed by atoms with van der Waals surface area (Å²) in [4.78, 5) is 21.1. The van der Waals surface area contributed by atoms with Crippen LogP contribution in [0, 0.1) is 11.3 Å². The summed E-state index contributed by atoms with van der Waals surface area (Å²) in [5.41, 5.74) is 0.271. The van der Waals surface area contributed by atoms with Crippen molar-refractivity contribution >= 4 is 28.0 Å². The topological polar surface area (TPSA) is 136 Å². The molecule has 0 spiro atoms. The Hall–Kier alpha value is -3.30. The predicted molar refractivity (Wildman–Crippen MR) is 110 cm³/mol. The van der Waals surface area contributed by atoms with E-state index in [1.54, 1.807) is 50.1 Å². The van der Waals surface area contributed by atoms with Crippen LogP contribution in [-0.2, 0) is 21.2 Å². The van der Waals surface area contributed by atoms with Crippen LogP contribution in [0.15, 0.2) is 31.0 Å². The smallest absolute Gasteiger partial charge is 0.420 e. The van der Waals surface area contributed by atoms with Gasteiger partial charge in [-0.25, -0.2) is 27.7 Å². The highest BCUT2D eigenvalue weighted by atomic mass is 32.2. The molecule has 0 aliphatic carbocycles. The molecule has 1 fully saturated rings. The highest BCUT2D eigenvalue weighted by Gasteiger charge is 2.47. The van der Waals surface area contributed by atoms with E-state index in [9.17, 15) is 18.5 Å². The van der Waals surface area contributed by atoms with Gasteiger partial charge in [0.15, 0.2) is 5.65 Å². The first-order valence-electron chi connectivity index (χ1n) is 9.51. The van der Waals surface area contributed by atoms with E-state index in [4.69, 9.17) is 4.74 Å². The summed E-state index contributed by atoms with van der Waals surface area (Å²) >= 11 is 0. The standard InChI is InChI=1S/C19H21N7O4S/c1-18(2,3)30-17(27)25-7-4-14-15(21-12-22-16(14)25)13-8-23-26(9-13)19(5-6-20)10-24(11-19)31(28)29/h4,7-9,12,31H,5,10-11H2,1-3H3. The maximum absolute atomic E-state index is 12.5. The largest absolute Gasteiger partial charge is 0.443 e. The number of fused-ring (bicyclic) bond motifs is 1. The van der Waals surface area contributed by atoms with Gasteiger partial charge in [0.2, 0.25) is 10.9 Å². The van der Waals surface area contributed by atoms with Crippen molar-refractivity contribution in [3.63, 3.8) is 0 Å². The van der Waals surface area contributed by atoms with Gasteiger partial charge in [-0.1, -0.05) is 0 Å². The molecule has 1 saturated heterocycles. The van der Waals surface area contributed by atoms with E-state index in [1.807, 2.05) is 0 Å². The quantitative estimate of drug-likeness (QED) is 0.600. The number of rotatable bonds is 4. The molecule has 3 aromatic heterocycles. The molecule has 0 N–H and O–H groups in total. The molecule has 0 saturated carbocycles. The van der Waals surface area contributed by atoms with E-state index in [0.717, 1.165) is 0 Å². The van der Waals surface area contributed by atoms with Crippen molar-refractivity contribution < 1.29 is 17.9 Å². The van der Waals surface area contributed by atoms with Crippen molar-refractivity contribution in [2.24, 2.45) is 0 Å². The summed E-state index contributed by atoms with van der Waals surface area (Å²) in [7, 11) is -2.69. The van der Waals surface area contributed by atoms with Crippen molar-refractivity contribution in [2.45, 2.75) is 38.3 Å². The molecule has 31 heavy (non-hydrogen) atoms. The Labute approximate surface area is 179 Å². The van der Waals surface area contributed by atoms with Gasteiger partial charge in [-0.05, 0) is 26.8 Å². The summed E-state index contributed by atoms with van der Waals surface area (Å²) in [5.74, 6) is 0. The Bertz CT molecular complexity index is 1260. The fourth-order valence-corrected chi connectivity index (χ4v) is 4.34. The number of carbonyl (C=O) groups excluding carboxylic acids is 1. The molecule has 4 rings (SSSR count). The number of ether oxygens (including phenoxy) is 1. The van der Waals surface area contributed by atoms with Crippen LogP contribution in [0.3, 0.4) is 0 Å². The van der Waals surface area contributed by atoms with Gasteiger partial charge in [-0.3, -0.25) is 4.68 Å². The third-order valence-electron chi connectivity index (χ3n) is 5.01. The van der Waals surface area contributed by atoms with Crippen LogP contribution in [0.4, 0.5) is 4.79 Å². The van der Waals surface area contributed by atoms with E-state index >= 15 is 0 Å². The van der Waals surface area contributed by atoms with Crippen LogP contribution in [-0.4, -0.2) is 61.8 Å². The molecule has 0 bridgehead atoms. The van der Waals surface area contributed by atoms with Crippen molar-refractivity contribution in [1.29, 1.82) is 5.26 Å². The molecule has 162 valence electrons. The van der Waals surface area contributed by atoms with Gasteiger partial charge in [0, 0.05) is 36.4 Å². The van der Waals surface area contributed by atoms with Crippen molar-refractivity contribution in [3.8, 4) is 17.3 Å². The summed E-state index contributed by atoms with van der Waals surface area (Å²) in [6.07, 6.45) is 5.85. The summed E-state index contributed by atoms with van der Waals surface area (Å²) in [6, 6.07) is 3.84. The summed E-state index contributed by atoms with van der Waals surface area (Å²) in [6.45, 7) is 5.73. The molecule has 12 heteroatoms. The molecule has 3 aromatic rings. The van der Waals surface area contributed by atoms with Gasteiger partial charge in [0.1, 0.15) is 17.5 Å². The highest BCUT2D eigenvalue weighted by Crippen LogP contribution is 2.34. The Morgan fingerprint density at radius 2 is 2.06 bits per heavy atom. The zero-order valence-corrected chi connectivity index (χ0v) is 18.1. The molecule has 4 heterocycles. The molecular formula is C19H21N7O4S. The van der Waals surface area contributed by atoms with Crippen molar-refractivity contribution in [2.75, 3.05) is 13.1 Å². The fraction of sp³-hybridized carbons (Fsp3) is 0.421. The Balaban J connectivity index is 1.69. The minimum Gasteiger partial charge on any atom is -0.443 e. The number of nitrogens with zero attached hydrogens (tertiary/aromatic N) is 7. The second kappa shape index (κ2) is 7.44. The van der Waals surface area contributed by atoms with Crippen LogP contribution in [0.2, 0.25) is 0 Å². The maximum Gasteiger partial charge on any atom is 0.420 e. The molecular weight excluding hydrogens is 422 g/mol. The van der Waals surface area contributed by atoms with Gasteiger partial charge in [0.05, 0.1) is 24.4 Å². The number of hydrogen-bond acceptors (Lipinski definition) is 8. The average Bonchev–Trinajstić information content (AvgIpc) is 3.29. The van der Waals surface area contributed by atoms with Gasteiger partial charge >= 0.3 is 6.09 Å². The van der Waals surface area contributed by atoms with Gasteiger partial charge in [-0.15, -0.1) is 0 Å². The first kappa shape index (κ1) is 21.0. The molecule has 1 aliphatic heterocycles. The first-order valence-corrected chi connectivity index (χ1v) is 10.6. The second-order valence-electron chi connectivity index (χ2n) is 8.42. The minimum absolute atomic E-state index is 0.127. The zero-order valence-electron chi connectivity index (χ0n) is 17.2. The molecule has 11 nitrogen and oxygen atoms in total. The van der Waals surface area contributed by atoms with Crippen molar-refractivity contribution in [3.05, 3.63) is 31.0 Å². The van der Waals surface area contributed by atoms with Crippen LogP contribution >= 0.6 is 0 Å². The Kier molecular flexibility index (Phi) is 5.03. The maximum atomic E-state index is 12.5. The predicted octanol–water partition coefficient (Wildman–Crippen LogP) is 1.53. The zero-order chi connectivity index (χ0) is 22.4. The number of hydrogen-bond donors (Lipinski definition) is 1. The van der Waals surface area contributed by atoms with Gasteiger partial charge in [-0.2, -0.15) is 14.7 Å². The first-order chi connectivity index (χ1) is 14.6. The van der Waals surface area contributed by atoms with Gasteiger partial charge < -0.3 is 4.74 Å². The Morgan fingerprint density at radius 1 is 1.32 bits per heavy atom. The summed E-state index contributed by atoms with van der Waals surface area (Å²) < 4.78 is 32.1. The van der Waals surface area contributed by atoms with Crippen LogP contribution in [0.25, 0.3) is 22.3 Å². The molecule has 0 unspecified atom stereocenters. The van der Waals surface area contributed by atoms with E-state index in [-0.39, 0.29) is 19.5 Å². The van der Waals surface area contributed by atoms with E-state index in [2.05, 4.69) is 21.1 Å². The lowest BCUT2D eigenvalue weighted by Gasteiger charge is -2.45. The number of carbonyl (C=O) groups is 1. The van der Waals surface area contributed by atoms with E-state index in [0.29, 0.717) is 22.3 Å². The van der Waals surface area contributed by atoms with Crippen LogP contribution in [0.5, 0.6) is 0 Å². The lowest BCUT2D eigenvalue weighted by atomic mass is 9.89. The molecule has 0 aromatic carbocycles. The Morgan fingerprint density at radius 3 is 2.71 bits per heavy atom. The second-order valence-corrected chi connectivity index (χ2v) is 9.46. The number of nitriles is 1. The lowest BCUT2D eigenvalue weighted by Crippen LogP contribution is -2.61. The van der Waals surface area contributed by atoms with Crippen molar-refractivity contribution in [1.82, 2.24) is 28.6 Å². The van der Waals surface area contributed by atoms with Crippen LogP contribution in [0.1, 0.15) is 27.2 Å². The monoisotopic (exact) mass is 443 g/mol. The van der Waals surface area contributed by atoms with Crippen LogP contribution < -0.4 is 0 Å². The average molecular weight is 443 g/mol. The van der Waals surface area contributed by atoms with Gasteiger partial charge in [0.25, 0.3) is 0 Å². The van der Waals surface area contributed by atoms with E-state index in [1.165, 1.54) is 15.2 Å². The highest BCUT2D eigenvalue weighted by molar-refractivity contribution is 7.69. The lowest BCUT2D eigenvalue weighted by molar-refractivity contribution is 0.0543. The SMILES string of the molecule is CC(C)(C)OC(=O)n1ccc2c(-c3cnn(C4(CC#N)CN([SH](=O)=O)C4)c3)ncnc21. The van der Waals surface area contributed by atoms with E-state index < -0.39 is 28.1 Å². The normalized spacial score (nSPS) is 16.2.